The molecule has 3 N–H and O–H groups in total. The van der Waals surface area contributed by atoms with E-state index in [2.05, 4.69) is 39.8 Å². The van der Waals surface area contributed by atoms with Crippen molar-refractivity contribution in [1.29, 1.82) is 0 Å². The van der Waals surface area contributed by atoms with Gasteiger partial charge in [0.15, 0.2) is 27.6 Å². The Hall–Kier alpha value is -3.04. The number of aryl methyl sites for hydroxylation is 2. The molecule has 1 atom stereocenters. The smallest absolute Gasteiger partial charge is 0.173 e. The molecule has 1 aromatic carbocycles. The van der Waals surface area contributed by atoms with Crippen molar-refractivity contribution in [3.05, 3.63) is 48.5 Å². The first-order chi connectivity index (χ1) is 16.1. The maximum Gasteiger partial charge on any atom is 0.173 e. The van der Waals surface area contributed by atoms with Crippen molar-refractivity contribution in [2.45, 2.75) is 56.3 Å². The summed E-state index contributed by atoms with van der Waals surface area (Å²) in [5.41, 5.74) is 9.75. The summed E-state index contributed by atoms with van der Waals surface area (Å²) >= 11 is 1.62. The summed E-state index contributed by atoms with van der Waals surface area (Å²) in [5.74, 6) is 2.19. The fraction of sp³-hybridized carbons (Fsp3) is 0.375. The number of ether oxygens (including phenoxy) is 1. The molecule has 5 rings (SSSR count). The number of nitrogens with one attached hydrogen (secondary N) is 1. The van der Waals surface area contributed by atoms with Crippen molar-refractivity contribution in [1.82, 2.24) is 24.8 Å². The second kappa shape index (κ2) is 9.44. The molecule has 0 saturated carbocycles. The Bertz CT molecular complexity index is 1240. The minimum absolute atomic E-state index is 0.0366. The Morgan fingerprint density at radius 3 is 3.00 bits per heavy atom. The van der Waals surface area contributed by atoms with Crippen LogP contribution < -0.4 is 15.8 Å². The van der Waals surface area contributed by atoms with Crippen LogP contribution in [0.15, 0.2) is 52.5 Å². The Balaban J connectivity index is 1.34. The first kappa shape index (κ1) is 21.8. The third-order valence-corrected chi connectivity index (χ3v) is 6.76. The lowest BCUT2D eigenvalue weighted by atomic mass is 10.0. The molecular formula is C24H28N6O2S. The van der Waals surface area contributed by atoms with Gasteiger partial charge in [-0.1, -0.05) is 13.8 Å². The molecule has 0 fully saturated rings. The maximum atomic E-state index is 6.35. The van der Waals surface area contributed by atoms with Gasteiger partial charge >= 0.3 is 0 Å². The summed E-state index contributed by atoms with van der Waals surface area (Å²) in [4.78, 5) is 13.4. The van der Waals surface area contributed by atoms with E-state index >= 15 is 0 Å². The van der Waals surface area contributed by atoms with Crippen LogP contribution in [-0.2, 0) is 13.0 Å². The molecule has 4 heterocycles. The van der Waals surface area contributed by atoms with Gasteiger partial charge in [-0.25, -0.2) is 15.0 Å². The SMILES string of the molecule is CC(C)NCCCn1c(SC2CCc3cc(-c4ccco4)ccc3O2)nc2c(N)ncnc21. The van der Waals surface area contributed by atoms with Crippen molar-refractivity contribution in [3.8, 4) is 17.1 Å². The minimum Gasteiger partial charge on any atom is -0.479 e. The van der Waals surface area contributed by atoms with Crippen molar-refractivity contribution in [2.75, 3.05) is 12.3 Å². The van der Waals surface area contributed by atoms with Crippen LogP contribution >= 0.6 is 11.8 Å². The summed E-state index contributed by atoms with van der Waals surface area (Å²) in [6, 6.07) is 10.6. The number of hydrogen-bond acceptors (Lipinski definition) is 8. The van der Waals surface area contributed by atoms with Gasteiger partial charge in [-0.2, -0.15) is 0 Å². The van der Waals surface area contributed by atoms with E-state index in [1.54, 1.807) is 18.0 Å². The Labute approximate surface area is 197 Å². The van der Waals surface area contributed by atoms with E-state index in [1.807, 2.05) is 24.3 Å². The van der Waals surface area contributed by atoms with E-state index < -0.39 is 0 Å². The van der Waals surface area contributed by atoms with Crippen LogP contribution in [0.2, 0.25) is 0 Å². The number of benzene rings is 1. The van der Waals surface area contributed by atoms with E-state index in [4.69, 9.17) is 19.9 Å². The third-order valence-electron chi connectivity index (χ3n) is 5.65. The average Bonchev–Trinajstić information content (AvgIpc) is 3.46. The normalized spacial score (nSPS) is 15.7. The summed E-state index contributed by atoms with van der Waals surface area (Å²) in [5, 5.41) is 4.33. The van der Waals surface area contributed by atoms with Gasteiger partial charge in [0.05, 0.1) is 6.26 Å². The molecular weight excluding hydrogens is 436 g/mol. The number of hydrogen-bond donors (Lipinski definition) is 2. The summed E-state index contributed by atoms with van der Waals surface area (Å²) in [6.07, 6.45) is 5.98. The predicted octanol–water partition coefficient (Wildman–Crippen LogP) is 4.50. The third kappa shape index (κ3) is 4.69. The maximum absolute atomic E-state index is 6.35. The molecule has 1 aliphatic rings. The van der Waals surface area contributed by atoms with Crippen LogP contribution in [0.25, 0.3) is 22.5 Å². The van der Waals surface area contributed by atoms with Gasteiger partial charge in [0, 0.05) is 18.2 Å². The van der Waals surface area contributed by atoms with Crippen LogP contribution in [0, 0.1) is 0 Å². The van der Waals surface area contributed by atoms with Crippen LogP contribution in [-0.4, -0.2) is 37.5 Å². The zero-order valence-electron chi connectivity index (χ0n) is 18.8. The first-order valence-corrected chi connectivity index (χ1v) is 12.2. The lowest BCUT2D eigenvalue weighted by Gasteiger charge is -2.25. The summed E-state index contributed by atoms with van der Waals surface area (Å²) < 4.78 is 14.0. The van der Waals surface area contributed by atoms with E-state index in [0.717, 1.165) is 60.2 Å². The molecule has 33 heavy (non-hydrogen) atoms. The van der Waals surface area contributed by atoms with Gasteiger partial charge in [0.25, 0.3) is 0 Å². The number of nitrogen functional groups attached to an aromatic ring is 1. The second-order valence-corrected chi connectivity index (χ2v) is 9.57. The Morgan fingerprint density at radius 1 is 1.27 bits per heavy atom. The highest BCUT2D eigenvalue weighted by atomic mass is 32.2. The first-order valence-electron chi connectivity index (χ1n) is 11.3. The van der Waals surface area contributed by atoms with Crippen LogP contribution in [0.3, 0.4) is 0 Å². The lowest BCUT2D eigenvalue weighted by molar-refractivity contribution is 0.255. The number of imidazole rings is 1. The number of nitrogens with zero attached hydrogens (tertiary/aromatic N) is 4. The molecule has 0 spiro atoms. The molecule has 172 valence electrons. The van der Waals surface area contributed by atoms with E-state index in [0.29, 0.717) is 17.4 Å². The molecule has 4 aromatic rings. The predicted molar refractivity (Wildman–Crippen MR) is 130 cm³/mol. The number of anilines is 1. The highest BCUT2D eigenvalue weighted by Crippen LogP contribution is 2.38. The van der Waals surface area contributed by atoms with Crippen molar-refractivity contribution in [2.24, 2.45) is 0 Å². The standard InChI is InChI=1S/C24H28N6O2S/c1-15(2)26-10-4-11-30-23-21(22(25)27-14-28-23)29-24(30)33-20-9-7-17-13-16(6-8-19(17)32-20)18-5-3-12-31-18/h3,5-6,8,12-15,20,26H,4,7,9-11H2,1-2H3,(H2,25,27,28). The van der Waals surface area contributed by atoms with Crippen LogP contribution in [0.4, 0.5) is 5.82 Å². The number of aromatic nitrogens is 4. The molecule has 0 radical (unpaired) electrons. The van der Waals surface area contributed by atoms with Gasteiger partial charge in [-0.05, 0) is 73.5 Å². The van der Waals surface area contributed by atoms with Crippen molar-refractivity contribution < 1.29 is 9.15 Å². The molecule has 8 nitrogen and oxygen atoms in total. The Morgan fingerprint density at radius 2 is 2.18 bits per heavy atom. The molecule has 0 aliphatic carbocycles. The van der Waals surface area contributed by atoms with Crippen LogP contribution in [0.5, 0.6) is 5.75 Å². The highest BCUT2D eigenvalue weighted by molar-refractivity contribution is 7.99. The number of fused-ring (bicyclic) bond motifs is 2. The van der Waals surface area contributed by atoms with Crippen molar-refractivity contribution in [3.63, 3.8) is 0 Å². The van der Waals surface area contributed by atoms with E-state index in [9.17, 15) is 0 Å². The second-order valence-electron chi connectivity index (χ2n) is 8.44. The molecule has 1 unspecified atom stereocenters. The molecule has 0 saturated heterocycles. The zero-order chi connectivity index (χ0) is 22.8. The van der Waals surface area contributed by atoms with Gasteiger partial charge in [-0.3, -0.25) is 0 Å². The fourth-order valence-electron chi connectivity index (χ4n) is 4.01. The molecule has 0 amide bonds. The van der Waals surface area contributed by atoms with Crippen LogP contribution in [0.1, 0.15) is 32.3 Å². The molecule has 9 heteroatoms. The lowest BCUT2D eigenvalue weighted by Crippen LogP contribution is -2.24. The van der Waals surface area contributed by atoms with E-state index in [1.165, 1.54) is 11.9 Å². The number of furan rings is 1. The monoisotopic (exact) mass is 464 g/mol. The van der Waals surface area contributed by atoms with Gasteiger partial charge < -0.3 is 24.8 Å². The fourth-order valence-corrected chi connectivity index (χ4v) is 5.09. The minimum atomic E-state index is -0.0366. The van der Waals surface area contributed by atoms with Crippen molar-refractivity contribution >= 4 is 28.7 Å². The number of thioether (sulfide) groups is 1. The molecule has 1 aliphatic heterocycles. The molecule has 0 bridgehead atoms. The van der Waals surface area contributed by atoms with Gasteiger partial charge in [0.2, 0.25) is 0 Å². The average molecular weight is 465 g/mol. The quantitative estimate of drug-likeness (QED) is 0.367. The van der Waals surface area contributed by atoms with Gasteiger partial charge in [-0.15, -0.1) is 0 Å². The zero-order valence-corrected chi connectivity index (χ0v) is 19.6. The summed E-state index contributed by atoms with van der Waals surface area (Å²) in [6.45, 7) is 6.02. The van der Waals surface area contributed by atoms with E-state index in [-0.39, 0.29) is 5.44 Å². The Kier molecular flexibility index (Phi) is 6.24. The topological polar surface area (TPSA) is 104 Å². The molecule has 3 aromatic heterocycles. The van der Waals surface area contributed by atoms with Gasteiger partial charge in [0.1, 0.15) is 17.8 Å². The number of nitrogens with two attached hydrogens (primary N) is 1. The highest BCUT2D eigenvalue weighted by Gasteiger charge is 2.25. The largest absolute Gasteiger partial charge is 0.479 e. The summed E-state index contributed by atoms with van der Waals surface area (Å²) in [7, 11) is 0. The number of rotatable bonds is 8.